The van der Waals surface area contributed by atoms with E-state index in [-0.39, 0.29) is 10.9 Å². The predicted molar refractivity (Wildman–Crippen MR) is 45.1 cm³/mol. The summed E-state index contributed by atoms with van der Waals surface area (Å²) in [6.07, 6.45) is 0.222. The fourth-order valence-corrected chi connectivity index (χ4v) is 0. The molecule has 0 aliphatic rings. The van der Waals surface area contributed by atoms with Crippen molar-refractivity contribution in [2.75, 3.05) is 0 Å². The first-order chi connectivity index (χ1) is 4.91. The molecular formula is C5H7Cl3O3. The molecule has 0 rings (SSSR count). The lowest BCUT2D eigenvalue weighted by Crippen LogP contribution is -1.86. The maximum absolute atomic E-state index is 9.37. The molecule has 0 fully saturated rings. The topological polar surface area (TPSA) is 57.5 Å². The van der Waals surface area contributed by atoms with Crippen molar-refractivity contribution in [2.45, 2.75) is 13.3 Å². The number of halogens is 3. The number of aliphatic hydroxyl groups is 1. The summed E-state index contributed by atoms with van der Waals surface area (Å²) in [5.74, 6) is -0.745. The highest BCUT2D eigenvalue weighted by Gasteiger charge is 1.88. The minimum atomic E-state index is -0.745. The predicted octanol–water partition coefficient (Wildman–Crippen LogP) is 2.87. The first-order valence-electron chi connectivity index (χ1n) is 2.53. The molecule has 0 atom stereocenters. The van der Waals surface area contributed by atoms with Crippen LogP contribution in [0, 0.1) is 0 Å². The molecule has 0 bridgehead atoms. The number of hydrogen-bond donors (Lipinski definition) is 2. The standard InChI is InChI=1S/C3H6O2.C2HCl3O/c1-2-3(4)5;3-1(4)2(5)6/h2H2,1H3,(H,4,5);6H. The van der Waals surface area contributed by atoms with E-state index in [9.17, 15) is 4.79 Å². The van der Waals surface area contributed by atoms with Gasteiger partial charge in [-0.05, 0) is 11.6 Å². The van der Waals surface area contributed by atoms with Crippen molar-refractivity contribution < 1.29 is 15.0 Å². The van der Waals surface area contributed by atoms with E-state index in [2.05, 4.69) is 0 Å². The first-order valence-corrected chi connectivity index (χ1v) is 3.66. The van der Waals surface area contributed by atoms with E-state index in [1.807, 2.05) is 0 Å². The van der Waals surface area contributed by atoms with Gasteiger partial charge in [-0.2, -0.15) is 0 Å². The Balaban J connectivity index is 0. The van der Waals surface area contributed by atoms with Crippen LogP contribution in [0.15, 0.2) is 9.71 Å². The molecule has 0 radical (unpaired) electrons. The second kappa shape index (κ2) is 7.98. The zero-order chi connectivity index (χ0) is 9.44. The summed E-state index contributed by atoms with van der Waals surface area (Å²) in [4.78, 5) is 9.37. The van der Waals surface area contributed by atoms with E-state index in [4.69, 9.17) is 45.0 Å². The average Bonchev–Trinajstić information content (AvgIpc) is 1.89. The number of aliphatic carboxylic acids is 1. The Morgan fingerprint density at radius 2 is 1.45 bits per heavy atom. The molecule has 0 aromatic heterocycles. The van der Waals surface area contributed by atoms with Gasteiger partial charge in [0.15, 0.2) is 4.49 Å². The molecule has 0 amide bonds. The number of carboxylic acid groups (broad SMARTS) is 1. The van der Waals surface area contributed by atoms with Crippen LogP contribution < -0.4 is 0 Å². The summed E-state index contributed by atoms with van der Waals surface area (Å²) in [5, 5.41) is 15.2. The SMILES string of the molecule is CCC(=O)O.OC(Cl)=C(Cl)Cl. The van der Waals surface area contributed by atoms with Crippen molar-refractivity contribution in [3.05, 3.63) is 9.71 Å². The Labute approximate surface area is 79.2 Å². The molecule has 6 heteroatoms. The lowest BCUT2D eigenvalue weighted by atomic mass is 10.5. The van der Waals surface area contributed by atoms with Crippen molar-refractivity contribution in [3.63, 3.8) is 0 Å². The van der Waals surface area contributed by atoms with E-state index < -0.39 is 11.2 Å². The molecule has 0 spiro atoms. The number of aliphatic hydroxyl groups excluding tert-OH is 1. The van der Waals surface area contributed by atoms with Crippen LogP contribution in [0.4, 0.5) is 0 Å². The van der Waals surface area contributed by atoms with Crippen molar-refractivity contribution >= 4 is 40.8 Å². The lowest BCUT2D eigenvalue weighted by Gasteiger charge is -1.78. The second-order valence-electron chi connectivity index (χ2n) is 1.30. The number of carboxylic acids is 1. The van der Waals surface area contributed by atoms with Crippen LogP contribution >= 0.6 is 34.8 Å². The first kappa shape index (κ1) is 13.5. The largest absolute Gasteiger partial charge is 0.497 e. The molecule has 0 saturated carbocycles. The minimum Gasteiger partial charge on any atom is -0.497 e. The van der Waals surface area contributed by atoms with E-state index in [1.54, 1.807) is 6.92 Å². The molecule has 0 heterocycles. The minimum absolute atomic E-state index is 0.222. The Bertz CT molecular complexity index is 137. The van der Waals surface area contributed by atoms with Crippen LogP contribution in [0.3, 0.4) is 0 Å². The van der Waals surface area contributed by atoms with E-state index in [0.717, 1.165) is 0 Å². The molecule has 0 aliphatic heterocycles. The van der Waals surface area contributed by atoms with Gasteiger partial charge in [-0.1, -0.05) is 30.1 Å². The number of hydrogen-bond acceptors (Lipinski definition) is 2. The summed E-state index contributed by atoms with van der Waals surface area (Å²) in [6.45, 7) is 1.60. The quantitative estimate of drug-likeness (QED) is 0.669. The number of carbonyl (C=O) groups is 1. The molecule has 66 valence electrons. The molecule has 2 N–H and O–H groups in total. The molecule has 0 saturated heterocycles. The molecule has 0 aromatic carbocycles. The van der Waals surface area contributed by atoms with Crippen molar-refractivity contribution in [2.24, 2.45) is 0 Å². The van der Waals surface area contributed by atoms with Gasteiger partial charge in [0.05, 0.1) is 0 Å². The average molecular weight is 221 g/mol. The fourth-order valence-electron chi connectivity index (χ4n) is 0. The second-order valence-corrected chi connectivity index (χ2v) is 2.61. The summed E-state index contributed by atoms with van der Waals surface area (Å²) in [5.41, 5.74) is 0. The third-order valence-corrected chi connectivity index (χ3v) is 1.20. The van der Waals surface area contributed by atoms with Gasteiger partial charge in [0.2, 0.25) is 5.22 Å². The van der Waals surface area contributed by atoms with E-state index in [1.165, 1.54) is 0 Å². The normalized spacial score (nSPS) is 7.64. The highest BCUT2D eigenvalue weighted by atomic mass is 35.5. The third-order valence-electron chi connectivity index (χ3n) is 0.458. The third kappa shape index (κ3) is 17.7. The van der Waals surface area contributed by atoms with Crippen LogP contribution in [0.2, 0.25) is 0 Å². The summed E-state index contributed by atoms with van der Waals surface area (Å²) >= 11 is 14.5. The van der Waals surface area contributed by atoms with Crippen LogP contribution in [0.1, 0.15) is 13.3 Å². The maximum Gasteiger partial charge on any atom is 0.303 e. The smallest absolute Gasteiger partial charge is 0.303 e. The summed E-state index contributed by atoms with van der Waals surface area (Å²) in [6, 6.07) is 0. The van der Waals surface area contributed by atoms with E-state index in [0.29, 0.717) is 0 Å². The summed E-state index contributed by atoms with van der Waals surface area (Å²) in [7, 11) is 0. The van der Waals surface area contributed by atoms with Gasteiger partial charge in [0, 0.05) is 6.42 Å². The Kier molecular flexibility index (Phi) is 9.77. The zero-order valence-corrected chi connectivity index (χ0v) is 7.91. The highest BCUT2D eigenvalue weighted by Crippen LogP contribution is 2.13. The number of rotatable bonds is 1. The van der Waals surface area contributed by atoms with E-state index >= 15 is 0 Å². The Hall–Kier alpha value is -0.120. The highest BCUT2D eigenvalue weighted by molar-refractivity contribution is 6.58. The molecule has 0 aromatic rings. The van der Waals surface area contributed by atoms with Crippen LogP contribution in [0.25, 0.3) is 0 Å². The van der Waals surface area contributed by atoms with Crippen LogP contribution in [-0.2, 0) is 4.79 Å². The summed E-state index contributed by atoms with van der Waals surface area (Å²) < 4.78 is -0.309. The van der Waals surface area contributed by atoms with Crippen LogP contribution in [-0.4, -0.2) is 16.2 Å². The molecule has 11 heavy (non-hydrogen) atoms. The van der Waals surface area contributed by atoms with Gasteiger partial charge in [0.1, 0.15) is 0 Å². The van der Waals surface area contributed by atoms with Crippen molar-refractivity contribution in [3.8, 4) is 0 Å². The lowest BCUT2D eigenvalue weighted by molar-refractivity contribution is -0.136. The van der Waals surface area contributed by atoms with Gasteiger partial charge in [-0.15, -0.1) is 0 Å². The fraction of sp³-hybridized carbons (Fsp3) is 0.400. The molecular weight excluding hydrogens is 214 g/mol. The maximum atomic E-state index is 9.37. The van der Waals surface area contributed by atoms with Crippen molar-refractivity contribution in [1.82, 2.24) is 0 Å². The molecule has 0 unspecified atom stereocenters. The van der Waals surface area contributed by atoms with Crippen LogP contribution in [0.5, 0.6) is 0 Å². The van der Waals surface area contributed by atoms with Gasteiger partial charge in [-0.3, -0.25) is 4.79 Å². The Morgan fingerprint density at radius 3 is 1.45 bits per heavy atom. The van der Waals surface area contributed by atoms with Gasteiger partial charge in [-0.25, -0.2) is 0 Å². The van der Waals surface area contributed by atoms with Crippen molar-refractivity contribution in [1.29, 1.82) is 0 Å². The van der Waals surface area contributed by atoms with Gasteiger partial charge >= 0.3 is 5.97 Å². The molecule has 3 nitrogen and oxygen atoms in total. The Morgan fingerprint density at radius 1 is 1.27 bits per heavy atom. The monoisotopic (exact) mass is 220 g/mol. The van der Waals surface area contributed by atoms with Gasteiger partial charge in [0.25, 0.3) is 0 Å². The molecule has 0 aliphatic carbocycles. The van der Waals surface area contributed by atoms with Gasteiger partial charge < -0.3 is 10.2 Å². The zero-order valence-electron chi connectivity index (χ0n) is 5.64.